The summed E-state index contributed by atoms with van der Waals surface area (Å²) in [6, 6.07) is 6.01. The van der Waals surface area contributed by atoms with Crippen LogP contribution in [0.15, 0.2) is 18.3 Å². The van der Waals surface area contributed by atoms with Gasteiger partial charge in [0.15, 0.2) is 0 Å². The van der Waals surface area contributed by atoms with Crippen LogP contribution in [-0.4, -0.2) is 30.0 Å². The van der Waals surface area contributed by atoms with Crippen LogP contribution in [0.4, 0.5) is 5.82 Å². The summed E-state index contributed by atoms with van der Waals surface area (Å²) in [6.45, 7) is 3.63. The SMILES string of the molecule is CCC(=O)NC1CCN(c2ccc(C#N)cn2)CC1. The molecule has 1 saturated heterocycles. The molecule has 0 unspecified atom stereocenters. The van der Waals surface area contributed by atoms with Crippen LogP contribution in [0.3, 0.4) is 0 Å². The highest BCUT2D eigenvalue weighted by atomic mass is 16.1. The van der Waals surface area contributed by atoms with Crippen LogP contribution in [0, 0.1) is 11.3 Å². The first-order valence-corrected chi connectivity index (χ1v) is 6.63. The number of aromatic nitrogens is 1. The number of nitriles is 1. The summed E-state index contributed by atoms with van der Waals surface area (Å²) in [5, 5.41) is 11.8. The van der Waals surface area contributed by atoms with Crippen LogP contribution in [-0.2, 0) is 4.79 Å². The zero-order valence-corrected chi connectivity index (χ0v) is 11.1. The molecule has 1 aliphatic rings. The van der Waals surface area contributed by atoms with Crippen LogP contribution in [0.5, 0.6) is 0 Å². The number of nitrogens with one attached hydrogen (secondary N) is 1. The first-order valence-electron chi connectivity index (χ1n) is 6.63. The first kappa shape index (κ1) is 13.3. The van der Waals surface area contributed by atoms with Gasteiger partial charge in [-0.25, -0.2) is 4.98 Å². The Morgan fingerprint density at radius 3 is 2.79 bits per heavy atom. The number of rotatable bonds is 3. The molecule has 0 aliphatic carbocycles. The van der Waals surface area contributed by atoms with Crippen LogP contribution in [0.1, 0.15) is 31.7 Å². The highest BCUT2D eigenvalue weighted by molar-refractivity contribution is 5.75. The summed E-state index contributed by atoms with van der Waals surface area (Å²) in [5.74, 6) is 1.02. The van der Waals surface area contributed by atoms with Crippen molar-refractivity contribution in [2.75, 3.05) is 18.0 Å². The van der Waals surface area contributed by atoms with Gasteiger partial charge < -0.3 is 10.2 Å². The fraction of sp³-hybridized carbons (Fsp3) is 0.500. The Balaban J connectivity index is 1.89. The van der Waals surface area contributed by atoms with Crippen LogP contribution in [0.2, 0.25) is 0 Å². The van der Waals surface area contributed by atoms with E-state index in [1.807, 2.05) is 13.0 Å². The topological polar surface area (TPSA) is 69.0 Å². The minimum absolute atomic E-state index is 0.120. The van der Waals surface area contributed by atoms with E-state index < -0.39 is 0 Å². The highest BCUT2D eigenvalue weighted by Gasteiger charge is 2.20. The van der Waals surface area contributed by atoms with Gasteiger partial charge in [-0.05, 0) is 25.0 Å². The molecule has 19 heavy (non-hydrogen) atoms. The Bertz CT molecular complexity index is 469. The van der Waals surface area contributed by atoms with Crippen LogP contribution < -0.4 is 10.2 Å². The summed E-state index contributed by atoms with van der Waals surface area (Å²) in [6.07, 6.45) is 4.01. The summed E-state index contributed by atoms with van der Waals surface area (Å²) in [5.41, 5.74) is 0.578. The zero-order chi connectivity index (χ0) is 13.7. The zero-order valence-electron chi connectivity index (χ0n) is 11.1. The van der Waals surface area contributed by atoms with E-state index in [1.54, 1.807) is 12.3 Å². The number of amides is 1. The van der Waals surface area contributed by atoms with Crippen molar-refractivity contribution < 1.29 is 4.79 Å². The average molecular weight is 258 g/mol. The quantitative estimate of drug-likeness (QED) is 0.891. The van der Waals surface area contributed by atoms with Crippen molar-refractivity contribution in [1.82, 2.24) is 10.3 Å². The van der Waals surface area contributed by atoms with E-state index in [2.05, 4.69) is 21.3 Å². The Labute approximate surface area is 113 Å². The Kier molecular flexibility index (Phi) is 4.35. The lowest BCUT2D eigenvalue weighted by Crippen LogP contribution is -2.44. The second kappa shape index (κ2) is 6.19. The maximum atomic E-state index is 11.3. The molecule has 0 radical (unpaired) electrons. The van der Waals surface area contributed by atoms with Gasteiger partial charge in [-0.3, -0.25) is 4.79 Å². The van der Waals surface area contributed by atoms with E-state index in [0.29, 0.717) is 12.0 Å². The number of carbonyl (C=O) groups excluding carboxylic acids is 1. The molecule has 100 valence electrons. The monoisotopic (exact) mass is 258 g/mol. The molecule has 5 nitrogen and oxygen atoms in total. The molecule has 1 N–H and O–H groups in total. The third kappa shape index (κ3) is 3.44. The normalized spacial score (nSPS) is 15.9. The lowest BCUT2D eigenvalue weighted by atomic mass is 10.0. The Morgan fingerprint density at radius 1 is 1.53 bits per heavy atom. The number of hydrogen-bond acceptors (Lipinski definition) is 4. The van der Waals surface area contributed by atoms with Gasteiger partial charge in [-0.15, -0.1) is 0 Å². The number of piperidine rings is 1. The van der Waals surface area contributed by atoms with Crippen molar-refractivity contribution in [2.45, 2.75) is 32.2 Å². The highest BCUT2D eigenvalue weighted by Crippen LogP contribution is 2.18. The third-order valence-corrected chi connectivity index (χ3v) is 3.38. The lowest BCUT2D eigenvalue weighted by molar-refractivity contribution is -0.121. The molecule has 2 rings (SSSR count). The average Bonchev–Trinajstić information content (AvgIpc) is 2.48. The molecule has 5 heteroatoms. The summed E-state index contributed by atoms with van der Waals surface area (Å²) < 4.78 is 0. The molecule has 0 spiro atoms. The predicted molar refractivity (Wildman–Crippen MR) is 72.6 cm³/mol. The number of hydrogen-bond donors (Lipinski definition) is 1. The molecule has 1 amide bonds. The minimum Gasteiger partial charge on any atom is -0.356 e. The molecule has 0 bridgehead atoms. The van der Waals surface area contributed by atoms with Gasteiger partial charge in [0.2, 0.25) is 5.91 Å². The fourth-order valence-corrected chi connectivity index (χ4v) is 2.22. The maximum Gasteiger partial charge on any atom is 0.219 e. The molecule has 0 atom stereocenters. The van der Waals surface area contributed by atoms with Crippen molar-refractivity contribution in [2.24, 2.45) is 0 Å². The van der Waals surface area contributed by atoms with E-state index in [4.69, 9.17) is 5.26 Å². The van der Waals surface area contributed by atoms with Crippen molar-refractivity contribution in [3.63, 3.8) is 0 Å². The van der Waals surface area contributed by atoms with Gasteiger partial charge in [0.05, 0.1) is 5.56 Å². The standard InChI is InChI=1S/C14H18N4O/c1-2-14(19)17-12-5-7-18(8-6-12)13-4-3-11(9-15)10-16-13/h3-4,10,12H,2,5-8H2,1H3,(H,17,19). The van der Waals surface area contributed by atoms with E-state index in [1.165, 1.54) is 0 Å². The van der Waals surface area contributed by atoms with Crippen LogP contribution in [0.25, 0.3) is 0 Å². The van der Waals surface area contributed by atoms with Gasteiger partial charge in [0, 0.05) is 31.7 Å². The van der Waals surface area contributed by atoms with Gasteiger partial charge in [-0.2, -0.15) is 5.26 Å². The minimum atomic E-state index is 0.120. The largest absolute Gasteiger partial charge is 0.356 e. The van der Waals surface area contributed by atoms with E-state index in [-0.39, 0.29) is 11.9 Å². The maximum absolute atomic E-state index is 11.3. The fourth-order valence-electron chi connectivity index (χ4n) is 2.22. The Morgan fingerprint density at radius 2 is 2.26 bits per heavy atom. The summed E-state index contributed by atoms with van der Waals surface area (Å²) in [7, 11) is 0. The van der Waals surface area contributed by atoms with E-state index >= 15 is 0 Å². The molecule has 1 aliphatic heterocycles. The number of carbonyl (C=O) groups is 1. The first-order chi connectivity index (χ1) is 9.22. The van der Waals surface area contributed by atoms with Crippen molar-refractivity contribution in [3.8, 4) is 6.07 Å². The lowest BCUT2D eigenvalue weighted by Gasteiger charge is -2.33. The molecular weight excluding hydrogens is 240 g/mol. The molecule has 1 aromatic heterocycles. The second-order valence-corrected chi connectivity index (χ2v) is 4.70. The molecule has 0 saturated carbocycles. The van der Waals surface area contributed by atoms with Gasteiger partial charge in [0.1, 0.15) is 11.9 Å². The number of nitrogens with zero attached hydrogens (tertiary/aromatic N) is 3. The van der Waals surface area contributed by atoms with E-state index in [9.17, 15) is 4.79 Å². The second-order valence-electron chi connectivity index (χ2n) is 4.70. The van der Waals surface area contributed by atoms with Gasteiger partial charge >= 0.3 is 0 Å². The third-order valence-electron chi connectivity index (χ3n) is 3.38. The molecule has 1 aromatic rings. The van der Waals surface area contributed by atoms with Crippen molar-refractivity contribution in [3.05, 3.63) is 23.9 Å². The van der Waals surface area contributed by atoms with Crippen molar-refractivity contribution >= 4 is 11.7 Å². The summed E-state index contributed by atoms with van der Waals surface area (Å²) >= 11 is 0. The predicted octanol–water partition coefficient (Wildman–Crippen LogP) is 1.45. The molecule has 1 fully saturated rings. The van der Waals surface area contributed by atoms with E-state index in [0.717, 1.165) is 31.7 Å². The van der Waals surface area contributed by atoms with Crippen LogP contribution >= 0.6 is 0 Å². The van der Waals surface area contributed by atoms with Gasteiger partial charge in [-0.1, -0.05) is 6.92 Å². The smallest absolute Gasteiger partial charge is 0.219 e. The molecule has 2 heterocycles. The summed E-state index contributed by atoms with van der Waals surface area (Å²) in [4.78, 5) is 17.8. The van der Waals surface area contributed by atoms with Crippen molar-refractivity contribution in [1.29, 1.82) is 5.26 Å². The molecular formula is C14H18N4O. The number of pyridine rings is 1. The van der Waals surface area contributed by atoms with Gasteiger partial charge in [0.25, 0.3) is 0 Å². The number of anilines is 1. The molecule has 0 aromatic carbocycles. The Hall–Kier alpha value is -2.09.